The van der Waals surface area contributed by atoms with Gasteiger partial charge in [0.15, 0.2) is 5.78 Å². The predicted octanol–water partition coefficient (Wildman–Crippen LogP) is 5.53. The second-order valence-corrected chi connectivity index (χ2v) is 12.4. The molecule has 212 valence electrons. The molecule has 0 radical (unpaired) electrons. The quantitative estimate of drug-likeness (QED) is 0.336. The van der Waals surface area contributed by atoms with Crippen molar-refractivity contribution in [2.75, 3.05) is 0 Å². The first-order chi connectivity index (χ1) is 19.1. The summed E-state index contributed by atoms with van der Waals surface area (Å²) in [6.07, 6.45) is 5.48. The van der Waals surface area contributed by atoms with Crippen molar-refractivity contribution >= 4 is 23.4 Å². The zero-order chi connectivity index (χ0) is 28.4. The number of Topliss-reactive ketones (excluding diaryl/α,β-unsaturated/α-hetero) is 2. The summed E-state index contributed by atoms with van der Waals surface area (Å²) in [6.45, 7) is 6.37. The molecule has 0 N–H and O–H groups in total. The maximum Gasteiger partial charge on any atom is 0.306 e. The number of carbonyl (C=O) groups is 4. The number of nitrogens with zero attached hydrogens (tertiary/aromatic N) is 1. The molecule has 2 aromatic carbocycles. The minimum absolute atomic E-state index is 0.0343. The number of esters is 1. The number of ketones is 2. The van der Waals surface area contributed by atoms with Crippen LogP contribution in [0.25, 0.3) is 0 Å². The fourth-order valence-corrected chi connectivity index (χ4v) is 6.15. The molecule has 1 amide bonds. The number of fused-ring (bicyclic) bond motifs is 2. The average Bonchev–Trinajstić information content (AvgIpc) is 3.15. The SMILES string of the molecule is CC(C)(C)OC(=O)CCC1CCc2ccc(COc3cccc4c3CN(C3CCC(=O)CCC3=O)C4=O)cc2C1. The Hall–Kier alpha value is -3.48. The summed E-state index contributed by atoms with van der Waals surface area (Å²) in [5.74, 6) is 0.853. The number of hydrogen-bond acceptors (Lipinski definition) is 6. The van der Waals surface area contributed by atoms with Crippen LogP contribution in [0.3, 0.4) is 0 Å². The molecule has 1 aliphatic heterocycles. The second-order valence-electron chi connectivity index (χ2n) is 12.4. The van der Waals surface area contributed by atoms with E-state index in [0.29, 0.717) is 49.6 Å². The third-order valence-corrected chi connectivity index (χ3v) is 8.22. The van der Waals surface area contributed by atoms with Crippen LogP contribution < -0.4 is 4.74 Å². The lowest BCUT2D eigenvalue weighted by Gasteiger charge is -2.26. The summed E-state index contributed by atoms with van der Waals surface area (Å²) in [5, 5.41) is 0. The predicted molar refractivity (Wildman–Crippen MR) is 150 cm³/mol. The Morgan fingerprint density at radius 3 is 2.60 bits per heavy atom. The number of amides is 1. The second kappa shape index (κ2) is 11.6. The number of carbonyl (C=O) groups excluding carboxylic acids is 4. The van der Waals surface area contributed by atoms with E-state index in [1.807, 2.05) is 32.9 Å². The molecule has 2 unspecified atom stereocenters. The number of hydrogen-bond donors (Lipinski definition) is 0. The molecule has 2 atom stereocenters. The maximum absolute atomic E-state index is 13.2. The molecule has 1 heterocycles. The van der Waals surface area contributed by atoms with Crippen molar-refractivity contribution in [3.05, 3.63) is 64.2 Å². The Morgan fingerprint density at radius 2 is 1.80 bits per heavy atom. The van der Waals surface area contributed by atoms with Crippen LogP contribution in [0.1, 0.15) is 98.3 Å². The van der Waals surface area contributed by atoms with Crippen molar-refractivity contribution in [2.45, 2.75) is 103 Å². The molecule has 0 bridgehead atoms. The molecular weight excluding hydrogens is 506 g/mol. The Bertz CT molecular complexity index is 1320. The smallest absolute Gasteiger partial charge is 0.306 e. The molecule has 0 saturated heterocycles. The molecule has 40 heavy (non-hydrogen) atoms. The standard InChI is InChI=1S/C33H39NO6/c1-33(2,3)40-31(37)16-9-21-7-10-23-11-8-22(18-24(23)17-21)20-39-30-6-4-5-26-27(30)19-34(32(26)38)28-14-12-25(35)13-15-29(28)36/h4-6,8,11,18,21,28H,7,9-10,12-17,19-20H2,1-3H3. The largest absolute Gasteiger partial charge is 0.489 e. The summed E-state index contributed by atoms with van der Waals surface area (Å²) in [6, 6.07) is 11.4. The molecule has 5 rings (SSSR count). The van der Waals surface area contributed by atoms with Gasteiger partial charge in [-0.2, -0.15) is 0 Å². The summed E-state index contributed by atoms with van der Waals surface area (Å²) >= 11 is 0. The first kappa shape index (κ1) is 28.1. The summed E-state index contributed by atoms with van der Waals surface area (Å²) in [4.78, 5) is 51.6. The molecule has 1 saturated carbocycles. The van der Waals surface area contributed by atoms with E-state index in [-0.39, 0.29) is 36.3 Å². The van der Waals surface area contributed by atoms with Gasteiger partial charge in [0, 0.05) is 36.8 Å². The minimum Gasteiger partial charge on any atom is -0.489 e. The summed E-state index contributed by atoms with van der Waals surface area (Å²) in [5.41, 5.74) is 4.63. The fourth-order valence-electron chi connectivity index (χ4n) is 6.15. The fraction of sp³-hybridized carbons (Fsp3) is 0.515. The number of aryl methyl sites for hydroxylation is 1. The van der Waals surface area contributed by atoms with Crippen molar-refractivity contribution in [3.8, 4) is 5.75 Å². The normalized spacial score (nSPS) is 21.1. The Kier molecular flexibility index (Phi) is 8.11. The van der Waals surface area contributed by atoms with Gasteiger partial charge in [-0.1, -0.05) is 24.3 Å². The van der Waals surface area contributed by atoms with Crippen LogP contribution in [0.4, 0.5) is 0 Å². The third kappa shape index (κ3) is 6.45. The molecule has 0 aromatic heterocycles. The molecule has 0 spiro atoms. The molecule has 1 fully saturated rings. The highest BCUT2D eigenvalue weighted by Gasteiger charge is 2.38. The van der Waals surface area contributed by atoms with Crippen molar-refractivity contribution in [3.63, 3.8) is 0 Å². The van der Waals surface area contributed by atoms with E-state index in [2.05, 4.69) is 18.2 Å². The Balaban J connectivity index is 1.22. The van der Waals surface area contributed by atoms with E-state index in [0.717, 1.165) is 36.8 Å². The van der Waals surface area contributed by atoms with Crippen LogP contribution in [0.15, 0.2) is 36.4 Å². The van der Waals surface area contributed by atoms with Crippen LogP contribution in [0, 0.1) is 5.92 Å². The average molecular weight is 546 g/mol. The van der Waals surface area contributed by atoms with Gasteiger partial charge in [-0.05, 0) is 87.6 Å². The van der Waals surface area contributed by atoms with Gasteiger partial charge in [-0.25, -0.2) is 0 Å². The molecule has 2 aliphatic carbocycles. The van der Waals surface area contributed by atoms with Gasteiger partial charge in [0.05, 0.1) is 12.6 Å². The van der Waals surface area contributed by atoms with Gasteiger partial charge >= 0.3 is 5.97 Å². The minimum atomic E-state index is -0.553. The highest BCUT2D eigenvalue weighted by molar-refractivity contribution is 6.02. The molecule has 2 aromatic rings. The Labute approximate surface area is 236 Å². The summed E-state index contributed by atoms with van der Waals surface area (Å²) in [7, 11) is 0. The van der Waals surface area contributed by atoms with E-state index in [4.69, 9.17) is 9.47 Å². The topological polar surface area (TPSA) is 90.0 Å². The van der Waals surface area contributed by atoms with Gasteiger partial charge < -0.3 is 14.4 Å². The zero-order valence-electron chi connectivity index (χ0n) is 23.8. The van der Waals surface area contributed by atoms with E-state index in [1.165, 1.54) is 11.1 Å². The van der Waals surface area contributed by atoms with Crippen molar-refractivity contribution in [2.24, 2.45) is 5.92 Å². The number of ether oxygens (including phenoxy) is 2. The van der Waals surface area contributed by atoms with Crippen molar-refractivity contribution < 1.29 is 28.7 Å². The van der Waals surface area contributed by atoms with Crippen LogP contribution >= 0.6 is 0 Å². The van der Waals surface area contributed by atoms with Crippen LogP contribution in [-0.4, -0.2) is 40.0 Å². The number of rotatable bonds is 7. The molecule has 7 heteroatoms. The highest BCUT2D eigenvalue weighted by atomic mass is 16.6. The Morgan fingerprint density at radius 1 is 0.975 bits per heavy atom. The lowest BCUT2D eigenvalue weighted by molar-refractivity contribution is -0.155. The first-order valence-corrected chi connectivity index (χ1v) is 14.5. The maximum atomic E-state index is 13.2. The van der Waals surface area contributed by atoms with Crippen molar-refractivity contribution in [1.29, 1.82) is 0 Å². The highest BCUT2D eigenvalue weighted by Crippen LogP contribution is 2.35. The van der Waals surface area contributed by atoms with E-state index >= 15 is 0 Å². The third-order valence-electron chi connectivity index (χ3n) is 8.22. The van der Waals surface area contributed by atoms with Crippen molar-refractivity contribution in [1.82, 2.24) is 4.90 Å². The van der Waals surface area contributed by atoms with E-state index in [9.17, 15) is 19.2 Å². The van der Waals surface area contributed by atoms with Gasteiger partial charge in [0.25, 0.3) is 5.91 Å². The van der Waals surface area contributed by atoms with E-state index in [1.54, 1.807) is 11.0 Å². The van der Waals surface area contributed by atoms with Gasteiger partial charge in [-0.15, -0.1) is 0 Å². The van der Waals surface area contributed by atoms with Crippen LogP contribution in [-0.2, 0) is 45.1 Å². The monoisotopic (exact) mass is 545 g/mol. The lowest BCUT2D eigenvalue weighted by Crippen LogP contribution is -2.40. The molecule has 7 nitrogen and oxygen atoms in total. The van der Waals surface area contributed by atoms with Gasteiger partial charge in [0.1, 0.15) is 23.7 Å². The van der Waals surface area contributed by atoms with Gasteiger partial charge in [-0.3, -0.25) is 19.2 Å². The number of benzene rings is 2. The lowest BCUT2D eigenvalue weighted by atomic mass is 9.81. The summed E-state index contributed by atoms with van der Waals surface area (Å²) < 4.78 is 11.7. The first-order valence-electron chi connectivity index (χ1n) is 14.5. The van der Waals surface area contributed by atoms with Crippen LogP contribution in [0.2, 0.25) is 0 Å². The van der Waals surface area contributed by atoms with Gasteiger partial charge in [0.2, 0.25) is 0 Å². The van der Waals surface area contributed by atoms with Crippen LogP contribution in [0.5, 0.6) is 5.75 Å². The molecule has 3 aliphatic rings. The zero-order valence-corrected chi connectivity index (χ0v) is 23.8. The van der Waals surface area contributed by atoms with E-state index < -0.39 is 11.6 Å². The molecular formula is C33H39NO6.